The lowest BCUT2D eigenvalue weighted by atomic mass is 9.75. The Labute approximate surface area is 203 Å². The fourth-order valence-electron chi connectivity index (χ4n) is 5.73. The predicted octanol–water partition coefficient (Wildman–Crippen LogP) is 7.79. The fraction of sp³-hybridized carbons (Fsp3) is 0.862. The zero-order valence-electron chi connectivity index (χ0n) is 21.4. The predicted molar refractivity (Wildman–Crippen MR) is 135 cm³/mol. The van der Waals surface area contributed by atoms with Crippen molar-refractivity contribution in [2.75, 3.05) is 13.2 Å². The maximum atomic E-state index is 12.4. The van der Waals surface area contributed by atoms with Crippen molar-refractivity contribution in [3.63, 3.8) is 0 Å². The number of rotatable bonds is 16. The lowest BCUT2D eigenvalue weighted by Crippen LogP contribution is -2.24. The molecular weight excluding hydrogens is 412 g/mol. The minimum atomic E-state index is -0.362. The average molecular weight is 463 g/mol. The Morgan fingerprint density at radius 2 is 1.21 bits per heavy atom. The Morgan fingerprint density at radius 3 is 1.76 bits per heavy atom. The second-order valence-corrected chi connectivity index (χ2v) is 10.6. The summed E-state index contributed by atoms with van der Waals surface area (Å²) >= 11 is 0. The highest BCUT2D eigenvalue weighted by molar-refractivity contribution is 5.81. The third-order valence-electron chi connectivity index (χ3n) is 8.04. The summed E-state index contributed by atoms with van der Waals surface area (Å²) in [5.41, 5.74) is 0. The van der Waals surface area contributed by atoms with E-state index in [2.05, 4.69) is 13.5 Å². The monoisotopic (exact) mass is 462 g/mol. The van der Waals surface area contributed by atoms with Crippen LogP contribution < -0.4 is 0 Å². The first-order valence-electron chi connectivity index (χ1n) is 14.1. The maximum absolute atomic E-state index is 12.4. The van der Waals surface area contributed by atoms with E-state index in [1.165, 1.54) is 83.1 Å². The minimum Gasteiger partial charge on any atom is -0.465 e. The van der Waals surface area contributed by atoms with Gasteiger partial charge in [-0.15, -0.1) is 0 Å². The molecule has 0 aromatic rings. The number of unbranched alkanes of at least 4 members (excludes halogenated alkanes) is 5. The van der Waals surface area contributed by atoms with Crippen LogP contribution in [-0.4, -0.2) is 25.2 Å². The van der Waals surface area contributed by atoms with Crippen molar-refractivity contribution in [2.24, 2.45) is 23.7 Å². The van der Waals surface area contributed by atoms with E-state index in [9.17, 15) is 9.59 Å². The lowest BCUT2D eigenvalue weighted by molar-refractivity contribution is -0.150. The summed E-state index contributed by atoms with van der Waals surface area (Å²) in [5.74, 6) is 2.58. The molecule has 4 nitrogen and oxygen atoms in total. The van der Waals surface area contributed by atoms with E-state index in [1.54, 1.807) is 0 Å². The summed E-state index contributed by atoms with van der Waals surface area (Å²) in [6, 6.07) is 0. The van der Waals surface area contributed by atoms with Crippen LogP contribution in [0.1, 0.15) is 122 Å². The summed E-state index contributed by atoms with van der Waals surface area (Å²) in [6.07, 6.45) is 23.6. The molecule has 0 N–H and O–H groups in total. The van der Waals surface area contributed by atoms with Gasteiger partial charge in [-0.2, -0.15) is 0 Å². The van der Waals surface area contributed by atoms with Gasteiger partial charge in [0.1, 0.15) is 0 Å². The molecule has 0 bridgehead atoms. The van der Waals surface area contributed by atoms with Crippen LogP contribution in [0.5, 0.6) is 0 Å². The minimum absolute atomic E-state index is 0.0229. The first-order valence-corrected chi connectivity index (χ1v) is 14.1. The normalized spacial score (nSPS) is 25.4. The highest BCUT2D eigenvalue weighted by Crippen LogP contribution is 2.38. The molecule has 0 radical (unpaired) electrons. The largest absolute Gasteiger partial charge is 0.465 e. The third-order valence-corrected chi connectivity index (χ3v) is 8.04. The van der Waals surface area contributed by atoms with Crippen molar-refractivity contribution in [1.82, 2.24) is 0 Å². The molecule has 0 aliphatic heterocycles. The molecule has 4 heteroatoms. The van der Waals surface area contributed by atoms with Gasteiger partial charge in [0.15, 0.2) is 0 Å². The van der Waals surface area contributed by atoms with Gasteiger partial charge in [0.05, 0.1) is 19.1 Å². The highest BCUT2D eigenvalue weighted by Gasteiger charge is 2.28. The van der Waals surface area contributed by atoms with E-state index in [0.29, 0.717) is 13.2 Å². The fourth-order valence-corrected chi connectivity index (χ4v) is 5.73. The summed E-state index contributed by atoms with van der Waals surface area (Å²) in [6.45, 7) is 6.63. The maximum Gasteiger partial charge on any atom is 0.330 e. The van der Waals surface area contributed by atoms with Crippen LogP contribution in [0.2, 0.25) is 0 Å². The van der Waals surface area contributed by atoms with Crippen LogP contribution in [0.25, 0.3) is 0 Å². The Kier molecular flexibility index (Phi) is 14.5. The molecule has 0 spiro atoms. The van der Waals surface area contributed by atoms with Gasteiger partial charge in [-0.05, 0) is 69.1 Å². The molecule has 0 heterocycles. The van der Waals surface area contributed by atoms with Crippen molar-refractivity contribution < 1.29 is 19.1 Å². The number of hydrogen-bond donors (Lipinski definition) is 0. The van der Waals surface area contributed by atoms with Crippen LogP contribution >= 0.6 is 0 Å². The van der Waals surface area contributed by atoms with Gasteiger partial charge in [0, 0.05) is 6.08 Å². The molecule has 33 heavy (non-hydrogen) atoms. The summed E-state index contributed by atoms with van der Waals surface area (Å²) < 4.78 is 10.5. The molecule has 2 aliphatic rings. The molecule has 0 unspecified atom stereocenters. The van der Waals surface area contributed by atoms with Crippen molar-refractivity contribution in [3.8, 4) is 0 Å². The molecule has 0 aromatic heterocycles. The molecular formula is C29H50O4. The van der Waals surface area contributed by atoms with E-state index in [0.717, 1.165) is 56.3 Å². The second-order valence-electron chi connectivity index (χ2n) is 10.6. The van der Waals surface area contributed by atoms with Gasteiger partial charge < -0.3 is 9.47 Å². The molecule has 2 rings (SSSR count). The van der Waals surface area contributed by atoms with Crippen LogP contribution in [0.4, 0.5) is 0 Å². The van der Waals surface area contributed by atoms with E-state index in [-0.39, 0.29) is 17.9 Å². The van der Waals surface area contributed by atoms with Gasteiger partial charge >= 0.3 is 11.9 Å². The van der Waals surface area contributed by atoms with E-state index < -0.39 is 0 Å². The zero-order valence-corrected chi connectivity index (χ0v) is 21.4. The second kappa shape index (κ2) is 17.2. The topological polar surface area (TPSA) is 52.6 Å². The molecule has 2 saturated carbocycles. The quantitative estimate of drug-likeness (QED) is 0.133. The third kappa shape index (κ3) is 12.1. The molecule has 190 valence electrons. The standard InChI is InChI=1S/C29H50O4/c1-3-5-8-11-24-12-14-25(15-13-24)16-17-26-18-20-27(21-19-26)29(31)33-23-10-7-6-9-22-32-28(30)4-2/h4,24-27H,2-3,5-23H2,1H3. The summed E-state index contributed by atoms with van der Waals surface area (Å²) in [4.78, 5) is 23.3. The van der Waals surface area contributed by atoms with Gasteiger partial charge in [0.25, 0.3) is 0 Å². The number of ether oxygens (including phenoxy) is 2. The smallest absolute Gasteiger partial charge is 0.330 e. The summed E-state index contributed by atoms with van der Waals surface area (Å²) in [5, 5.41) is 0. The van der Waals surface area contributed by atoms with E-state index in [4.69, 9.17) is 9.47 Å². The first-order chi connectivity index (χ1) is 16.1. The van der Waals surface area contributed by atoms with Crippen molar-refractivity contribution in [1.29, 1.82) is 0 Å². The van der Waals surface area contributed by atoms with Gasteiger partial charge in [-0.1, -0.05) is 77.7 Å². The highest BCUT2D eigenvalue weighted by atomic mass is 16.5. The number of hydrogen-bond acceptors (Lipinski definition) is 4. The van der Waals surface area contributed by atoms with Crippen LogP contribution in [0, 0.1) is 23.7 Å². The van der Waals surface area contributed by atoms with Crippen molar-refractivity contribution >= 4 is 11.9 Å². The SMILES string of the molecule is C=CC(=O)OCCCCCCOC(=O)C1CCC(CCC2CCC(CCCCC)CC2)CC1. The Balaban J connectivity index is 1.45. The van der Waals surface area contributed by atoms with Crippen LogP contribution in [0.3, 0.4) is 0 Å². The van der Waals surface area contributed by atoms with Crippen LogP contribution in [-0.2, 0) is 19.1 Å². The van der Waals surface area contributed by atoms with Crippen LogP contribution in [0.15, 0.2) is 12.7 Å². The summed E-state index contributed by atoms with van der Waals surface area (Å²) in [7, 11) is 0. The molecule has 0 atom stereocenters. The molecule has 2 fully saturated rings. The average Bonchev–Trinajstić information content (AvgIpc) is 2.85. The van der Waals surface area contributed by atoms with Gasteiger partial charge in [0.2, 0.25) is 0 Å². The molecule has 0 aromatic carbocycles. The van der Waals surface area contributed by atoms with Gasteiger partial charge in [-0.3, -0.25) is 4.79 Å². The number of carbonyl (C=O) groups excluding carboxylic acids is 2. The molecule has 2 aliphatic carbocycles. The Hall–Kier alpha value is -1.32. The van der Waals surface area contributed by atoms with E-state index in [1.807, 2.05) is 0 Å². The Morgan fingerprint density at radius 1 is 0.697 bits per heavy atom. The van der Waals surface area contributed by atoms with E-state index >= 15 is 0 Å². The molecule has 0 saturated heterocycles. The zero-order chi connectivity index (χ0) is 23.7. The number of carbonyl (C=O) groups is 2. The van der Waals surface area contributed by atoms with Crippen molar-refractivity contribution in [2.45, 2.75) is 122 Å². The van der Waals surface area contributed by atoms with Gasteiger partial charge in [-0.25, -0.2) is 4.79 Å². The lowest BCUT2D eigenvalue weighted by Gasteiger charge is -2.31. The first kappa shape index (κ1) is 27.9. The number of esters is 2. The van der Waals surface area contributed by atoms with Crippen molar-refractivity contribution in [3.05, 3.63) is 12.7 Å². The Bertz CT molecular complexity index is 542. The molecule has 0 amide bonds.